The van der Waals surface area contributed by atoms with Crippen molar-refractivity contribution in [2.75, 3.05) is 19.8 Å². The summed E-state index contributed by atoms with van der Waals surface area (Å²) in [5, 5.41) is 11.1. The SMILES string of the molecule is C=C(C)C(=O)OCC1CO1.O=C(O)CNCc1ccccc1. The minimum Gasteiger partial charge on any atom is -0.480 e. The molecule has 6 heteroatoms. The van der Waals surface area contributed by atoms with Crippen molar-refractivity contribution in [2.45, 2.75) is 19.6 Å². The molecule has 0 bridgehead atoms. The van der Waals surface area contributed by atoms with E-state index in [0.29, 0.717) is 25.3 Å². The van der Waals surface area contributed by atoms with Gasteiger partial charge >= 0.3 is 11.9 Å². The zero-order chi connectivity index (χ0) is 16.4. The maximum Gasteiger partial charge on any atom is 0.333 e. The number of hydrogen-bond donors (Lipinski definition) is 2. The van der Waals surface area contributed by atoms with Gasteiger partial charge in [-0.15, -0.1) is 0 Å². The van der Waals surface area contributed by atoms with E-state index in [2.05, 4.69) is 11.9 Å². The summed E-state index contributed by atoms with van der Waals surface area (Å²) in [7, 11) is 0. The van der Waals surface area contributed by atoms with Gasteiger partial charge in [0.2, 0.25) is 0 Å². The third kappa shape index (κ3) is 8.89. The number of rotatable bonds is 7. The van der Waals surface area contributed by atoms with E-state index >= 15 is 0 Å². The number of hydrogen-bond acceptors (Lipinski definition) is 5. The van der Waals surface area contributed by atoms with E-state index in [0.717, 1.165) is 5.56 Å². The number of ether oxygens (including phenoxy) is 2. The molecule has 0 saturated carbocycles. The van der Waals surface area contributed by atoms with Crippen molar-refractivity contribution in [3.63, 3.8) is 0 Å². The third-order valence-electron chi connectivity index (χ3n) is 2.60. The lowest BCUT2D eigenvalue weighted by molar-refractivity contribution is -0.139. The Morgan fingerprint density at radius 1 is 1.41 bits per heavy atom. The van der Waals surface area contributed by atoms with Gasteiger partial charge in [-0.25, -0.2) is 4.79 Å². The monoisotopic (exact) mass is 307 g/mol. The number of carbonyl (C=O) groups is 2. The summed E-state index contributed by atoms with van der Waals surface area (Å²) in [6.07, 6.45) is 0.142. The number of epoxide rings is 1. The maximum atomic E-state index is 10.7. The normalized spacial score (nSPS) is 15.2. The zero-order valence-electron chi connectivity index (χ0n) is 12.6. The Labute approximate surface area is 129 Å². The summed E-state index contributed by atoms with van der Waals surface area (Å²) in [5.41, 5.74) is 1.53. The highest BCUT2D eigenvalue weighted by Crippen LogP contribution is 2.09. The van der Waals surface area contributed by atoms with Gasteiger partial charge in [-0.1, -0.05) is 36.9 Å². The summed E-state index contributed by atoms with van der Waals surface area (Å²) in [6.45, 7) is 6.75. The highest BCUT2D eigenvalue weighted by Gasteiger charge is 2.24. The summed E-state index contributed by atoms with van der Waals surface area (Å²) < 4.78 is 9.60. The molecule has 1 unspecified atom stereocenters. The first kappa shape index (κ1) is 17.9. The van der Waals surface area contributed by atoms with Crippen LogP contribution in [0.2, 0.25) is 0 Å². The van der Waals surface area contributed by atoms with Gasteiger partial charge in [0.1, 0.15) is 12.7 Å². The molecule has 1 aromatic rings. The Morgan fingerprint density at radius 3 is 2.55 bits per heavy atom. The molecule has 1 aromatic carbocycles. The highest BCUT2D eigenvalue weighted by atomic mass is 16.6. The van der Waals surface area contributed by atoms with Crippen LogP contribution in [0.25, 0.3) is 0 Å². The number of aliphatic carboxylic acids is 1. The lowest BCUT2D eigenvalue weighted by Gasteiger charge is -2.00. The largest absolute Gasteiger partial charge is 0.480 e. The summed E-state index contributed by atoms with van der Waals surface area (Å²) >= 11 is 0. The predicted octanol–water partition coefficient (Wildman–Crippen LogP) is 1.37. The van der Waals surface area contributed by atoms with E-state index in [1.807, 2.05) is 30.3 Å². The Bertz CT molecular complexity index is 497. The molecule has 2 N–H and O–H groups in total. The number of carboxylic acid groups (broad SMARTS) is 1. The maximum absolute atomic E-state index is 10.7. The average molecular weight is 307 g/mol. The molecule has 1 saturated heterocycles. The molecule has 6 nitrogen and oxygen atoms in total. The Kier molecular flexibility index (Phi) is 7.88. The van der Waals surface area contributed by atoms with Gasteiger partial charge in [0.25, 0.3) is 0 Å². The van der Waals surface area contributed by atoms with Crippen LogP contribution < -0.4 is 5.32 Å². The van der Waals surface area contributed by atoms with E-state index in [9.17, 15) is 9.59 Å². The number of benzene rings is 1. The van der Waals surface area contributed by atoms with E-state index < -0.39 is 5.97 Å². The summed E-state index contributed by atoms with van der Waals surface area (Å²) in [4.78, 5) is 20.8. The van der Waals surface area contributed by atoms with Crippen LogP contribution in [0, 0.1) is 0 Å². The molecule has 0 amide bonds. The van der Waals surface area contributed by atoms with Crippen molar-refractivity contribution in [2.24, 2.45) is 0 Å². The number of esters is 1. The standard InChI is InChI=1S/C9H11NO2.C7H10O3/c11-9(12)7-10-6-8-4-2-1-3-5-8;1-5(2)7(8)10-4-6-3-9-6/h1-5,10H,6-7H2,(H,11,12);6H,1,3-4H2,2H3. The second kappa shape index (κ2) is 9.70. The molecule has 1 aliphatic heterocycles. The van der Waals surface area contributed by atoms with Crippen molar-refractivity contribution >= 4 is 11.9 Å². The number of nitrogens with one attached hydrogen (secondary N) is 1. The van der Waals surface area contributed by atoms with Crippen LogP contribution in [0.5, 0.6) is 0 Å². The molecule has 1 fully saturated rings. The fraction of sp³-hybridized carbons (Fsp3) is 0.375. The van der Waals surface area contributed by atoms with E-state index in [1.165, 1.54) is 0 Å². The number of carboxylic acids is 1. The Morgan fingerprint density at radius 2 is 2.05 bits per heavy atom. The Balaban J connectivity index is 0.000000224. The summed E-state index contributed by atoms with van der Waals surface area (Å²) in [5.74, 6) is -1.17. The second-order valence-corrected chi connectivity index (χ2v) is 4.82. The minimum absolute atomic E-state index is 0.00882. The van der Waals surface area contributed by atoms with Crippen LogP contribution >= 0.6 is 0 Å². The first-order chi connectivity index (χ1) is 10.5. The van der Waals surface area contributed by atoms with Gasteiger partial charge in [-0.2, -0.15) is 0 Å². The molecular formula is C16H21NO5. The van der Waals surface area contributed by atoms with Gasteiger partial charge in [-0.3, -0.25) is 4.79 Å². The second-order valence-electron chi connectivity index (χ2n) is 4.82. The number of carbonyl (C=O) groups excluding carboxylic acids is 1. The minimum atomic E-state index is -0.828. The molecule has 1 aliphatic rings. The van der Waals surface area contributed by atoms with Crippen molar-refractivity contribution in [1.82, 2.24) is 5.32 Å². The van der Waals surface area contributed by atoms with Crippen LogP contribution in [0.15, 0.2) is 42.5 Å². The molecule has 0 spiro atoms. The smallest absolute Gasteiger partial charge is 0.333 e. The van der Waals surface area contributed by atoms with Crippen LogP contribution in [-0.2, 0) is 25.6 Å². The highest BCUT2D eigenvalue weighted by molar-refractivity contribution is 5.86. The van der Waals surface area contributed by atoms with Crippen molar-refractivity contribution in [1.29, 1.82) is 0 Å². The molecule has 2 rings (SSSR count). The van der Waals surface area contributed by atoms with Crippen LogP contribution in [0.3, 0.4) is 0 Å². The first-order valence-electron chi connectivity index (χ1n) is 6.89. The van der Waals surface area contributed by atoms with Gasteiger partial charge < -0.3 is 19.9 Å². The fourth-order valence-corrected chi connectivity index (χ4v) is 1.37. The quantitative estimate of drug-likeness (QED) is 0.449. The fourth-order valence-electron chi connectivity index (χ4n) is 1.37. The lowest BCUT2D eigenvalue weighted by atomic mass is 10.2. The van der Waals surface area contributed by atoms with Crippen LogP contribution in [-0.4, -0.2) is 42.9 Å². The van der Waals surface area contributed by atoms with E-state index in [4.69, 9.17) is 14.6 Å². The van der Waals surface area contributed by atoms with Crippen LogP contribution in [0.4, 0.5) is 0 Å². The molecule has 22 heavy (non-hydrogen) atoms. The van der Waals surface area contributed by atoms with Gasteiger partial charge in [0.15, 0.2) is 0 Å². The Hall–Kier alpha value is -2.18. The third-order valence-corrected chi connectivity index (χ3v) is 2.60. The molecule has 0 radical (unpaired) electrons. The van der Waals surface area contributed by atoms with Crippen LogP contribution in [0.1, 0.15) is 12.5 Å². The molecular weight excluding hydrogens is 286 g/mol. The van der Waals surface area contributed by atoms with Gasteiger partial charge in [-0.05, 0) is 12.5 Å². The van der Waals surface area contributed by atoms with Crippen molar-refractivity contribution < 1.29 is 24.2 Å². The van der Waals surface area contributed by atoms with E-state index in [1.54, 1.807) is 6.92 Å². The topological polar surface area (TPSA) is 88.2 Å². The zero-order valence-corrected chi connectivity index (χ0v) is 12.6. The lowest BCUT2D eigenvalue weighted by Crippen LogP contribution is -2.21. The summed E-state index contributed by atoms with van der Waals surface area (Å²) in [6, 6.07) is 9.69. The molecule has 0 aliphatic carbocycles. The van der Waals surface area contributed by atoms with E-state index in [-0.39, 0.29) is 18.6 Å². The first-order valence-corrected chi connectivity index (χ1v) is 6.89. The predicted molar refractivity (Wildman–Crippen MR) is 81.3 cm³/mol. The molecule has 1 atom stereocenters. The van der Waals surface area contributed by atoms with Crippen molar-refractivity contribution in [3.05, 3.63) is 48.0 Å². The van der Waals surface area contributed by atoms with Gasteiger partial charge in [0.05, 0.1) is 13.2 Å². The molecule has 1 heterocycles. The molecule has 0 aromatic heterocycles. The van der Waals surface area contributed by atoms with Gasteiger partial charge in [0, 0.05) is 12.1 Å². The van der Waals surface area contributed by atoms with Crippen molar-refractivity contribution in [3.8, 4) is 0 Å². The molecule has 120 valence electrons. The average Bonchev–Trinajstić information content (AvgIpc) is 3.30.